The van der Waals surface area contributed by atoms with Crippen LogP contribution in [0.2, 0.25) is 0 Å². The molecule has 1 amide bonds. The first-order chi connectivity index (χ1) is 12.1. The van der Waals surface area contributed by atoms with Crippen molar-refractivity contribution in [3.05, 3.63) is 11.6 Å². The highest BCUT2D eigenvalue weighted by Gasteiger charge is 2.49. The third-order valence-electron chi connectivity index (χ3n) is 4.51. The molecule has 0 aromatic carbocycles. The lowest BCUT2D eigenvalue weighted by Crippen LogP contribution is -2.47. The predicted molar refractivity (Wildman–Crippen MR) is 91.5 cm³/mol. The average Bonchev–Trinajstić information content (AvgIpc) is 3.47. The smallest absolute Gasteiger partial charge is 0.363 e. The van der Waals surface area contributed by atoms with Crippen LogP contribution in [-0.2, 0) is 33.0 Å². The fraction of sp³-hybridized carbons (Fsp3) is 0.812. The Balaban J connectivity index is 1.85. The molecule has 0 aromatic heterocycles. The number of nitrogens with zero attached hydrogens (tertiary/aromatic N) is 2. The second-order valence-corrected chi connectivity index (χ2v) is 9.64. The van der Waals surface area contributed by atoms with Crippen molar-refractivity contribution < 1.29 is 33.0 Å². The van der Waals surface area contributed by atoms with Crippen LogP contribution in [0.4, 0.5) is 0 Å². The fourth-order valence-corrected chi connectivity index (χ4v) is 4.35. The van der Waals surface area contributed by atoms with Gasteiger partial charge in [-0.3, -0.25) is 13.8 Å². The molecule has 3 rings (SSSR count). The molecule has 0 aliphatic carbocycles. The molecule has 2 saturated heterocycles. The zero-order chi connectivity index (χ0) is 19.2. The Morgan fingerprint density at radius 2 is 1.73 bits per heavy atom. The number of ether oxygens (including phenoxy) is 2. The maximum atomic E-state index is 12.9. The number of rotatable bonds is 8. The summed E-state index contributed by atoms with van der Waals surface area (Å²) in [5.41, 5.74) is -1.51. The van der Waals surface area contributed by atoms with Gasteiger partial charge < -0.3 is 14.0 Å². The number of amides is 1. The first kappa shape index (κ1) is 20.1. The molecule has 1 radical (unpaired) electrons. The lowest BCUT2D eigenvalue weighted by atomic mass is 9.96. The standard InChI is InChI=1S/C16H26N2O7P/c1-15(2)6-13(16(3,4)18(15)20)14(19)17-26(21-5,24-9-11-7-22-11)25-10-12-8-23-12/h6,11-12H,7-10H2,1-5H3. The second kappa shape index (κ2) is 7.07. The summed E-state index contributed by atoms with van der Waals surface area (Å²) in [6.07, 6.45) is 1.58. The topological polar surface area (TPSA) is 105 Å². The van der Waals surface area contributed by atoms with Gasteiger partial charge in [-0.25, -0.2) is 0 Å². The number of carbonyl (C=O) groups excluding carboxylic acids is 1. The third kappa shape index (κ3) is 4.26. The van der Waals surface area contributed by atoms with E-state index in [9.17, 15) is 10.0 Å². The van der Waals surface area contributed by atoms with Gasteiger partial charge in [-0.2, -0.15) is 4.74 Å². The number of hydrogen-bond acceptors (Lipinski definition) is 7. The molecule has 3 aliphatic rings. The normalized spacial score (nSPS) is 31.2. The number of epoxide rings is 2. The Hall–Kier alpha value is -0.640. The van der Waals surface area contributed by atoms with Crippen LogP contribution in [0.5, 0.6) is 0 Å². The quantitative estimate of drug-likeness (QED) is 0.462. The highest BCUT2D eigenvalue weighted by molar-refractivity contribution is 7.51. The second-order valence-electron chi connectivity index (χ2n) is 7.62. The molecule has 0 spiro atoms. The number of hydroxylamine groups is 2. The Labute approximate surface area is 153 Å². The van der Waals surface area contributed by atoms with E-state index in [0.29, 0.717) is 18.8 Å². The van der Waals surface area contributed by atoms with E-state index in [1.54, 1.807) is 33.8 Å². The maximum absolute atomic E-state index is 12.9. The van der Waals surface area contributed by atoms with E-state index < -0.39 is 24.7 Å². The van der Waals surface area contributed by atoms with Crippen LogP contribution in [0.1, 0.15) is 27.7 Å². The zero-order valence-electron chi connectivity index (χ0n) is 15.8. The lowest BCUT2D eigenvalue weighted by molar-refractivity contribution is -0.238. The SMILES string of the molecule is COP(=NC(=O)C1=CC(C)(C)N([O])C1(C)C)(OCC1CO1)OCC1CO1. The van der Waals surface area contributed by atoms with Crippen LogP contribution >= 0.6 is 7.74 Å². The molecule has 3 aliphatic heterocycles. The van der Waals surface area contributed by atoms with Gasteiger partial charge in [0.1, 0.15) is 12.2 Å². The molecule has 2 unspecified atom stereocenters. The van der Waals surface area contributed by atoms with Crippen LogP contribution in [0.15, 0.2) is 16.4 Å². The minimum Gasteiger partial charge on any atom is -0.371 e. The number of hydrogen-bond donors (Lipinski definition) is 0. The van der Waals surface area contributed by atoms with Gasteiger partial charge in [0.05, 0.1) is 37.5 Å². The average molecular weight is 389 g/mol. The molecule has 2 atom stereocenters. The summed E-state index contributed by atoms with van der Waals surface area (Å²) in [7, 11) is -1.88. The van der Waals surface area contributed by atoms with E-state index >= 15 is 0 Å². The first-order valence-corrected chi connectivity index (χ1v) is 10.0. The summed E-state index contributed by atoms with van der Waals surface area (Å²) in [6.45, 7) is 8.54. The number of carbonyl (C=O) groups is 1. The van der Waals surface area contributed by atoms with Crippen molar-refractivity contribution >= 4 is 13.6 Å². The highest BCUT2D eigenvalue weighted by atomic mass is 31.2. The molecule has 10 heteroatoms. The molecular formula is C16H26N2O7P. The van der Waals surface area contributed by atoms with E-state index in [-0.39, 0.29) is 25.4 Å². The van der Waals surface area contributed by atoms with E-state index in [0.717, 1.165) is 5.06 Å². The van der Waals surface area contributed by atoms with E-state index in [2.05, 4.69) is 4.74 Å². The molecule has 147 valence electrons. The summed E-state index contributed by atoms with van der Waals surface area (Å²) in [5.74, 6) is -0.565. The molecule has 0 N–H and O–H groups in total. The van der Waals surface area contributed by atoms with Gasteiger partial charge >= 0.3 is 7.74 Å². The summed E-state index contributed by atoms with van der Waals surface area (Å²) in [4.78, 5) is 12.9. The van der Waals surface area contributed by atoms with Crippen molar-refractivity contribution in [3.8, 4) is 0 Å². The van der Waals surface area contributed by atoms with Crippen LogP contribution in [-0.4, -0.2) is 67.8 Å². The largest absolute Gasteiger partial charge is 0.371 e. The van der Waals surface area contributed by atoms with Gasteiger partial charge in [-0.05, 0) is 27.7 Å². The van der Waals surface area contributed by atoms with Crippen molar-refractivity contribution in [2.24, 2.45) is 4.74 Å². The van der Waals surface area contributed by atoms with E-state index in [1.807, 2.05) is 0 Å². The molecular weight excluding hydrogens is 363 g/mol. The van der Waals surface area contributed by atoms with Crippen molar-refractivity contribution in [3.63, 3.8) is 0 Å². The minimum absolute atomic E-state index is 0.0335. The summed E-state index contributed by atoms with van der Waals surface area (Å²) < 4.78 is 31.3. The molecule has 26 heavy (non-hydrogen) atoms. The van der Waals surface area contributed by atoms with Gasteiger partial charge in [-0.15, -0.1) is 10.3 Å². The highest BCUT2D eigenvalue weighted by Crippen LogP contribution is 2.54. The van der Waals surface area contributed by atoms with E-state index in [1.165, 1.54) is 7.11 Å². The Kier molecular flexibility index (Phi) is 5.47. The third-order valence-corrected chi connectivity index (χ3v) is 6.35. The van der Waals surface area contributed by atoms with Gasteiger partial charge in [0.2, 0.25) is 0 Å². The van der Waals surface area contributed by atoms with Gasteiger partial charge in [0.25, 0.3) is 5.91 Å². The van der Waals surface area contributed by atoms with Crippen molar-refractivity contribution in [2.75, 3.05) is 33.5 Å². The lowest BCUT2D eigenvalue weighted by Gasteiger charge is -2.33. The van der Waals surface area contributed by atoms with Gasteiger partial charge in [0.15, 0.2) is 0 Å². The Morgan fingerprint density at radius 3 is 2.08 bits per heavy atom. The molecule has 9 nitrogen and oxygen atoms in total. The maximum Gasteiger partial charge on any atom is 0.363 e. The van der Waals surface area contributed by atoms with Crippen LogP contribution < -0.4 is 0 Å². The van der Waals surface area contributed by atoms with Gasteiger partial charge in [0, 0.05) is 12.7 Å². The summed E-state index contributed by atoms with van der Waals surface area (Å²) in [6, 6.07) is 0. The molecule has 0 bridgehead atoms. The van der Waals surface area contributed by atoms with Crippen molar-refractivity contribution in [1.29, 1.82) is 0 Å². The zero-order valence-corrected chi connectivity index (χ0v) is 16.7. The molecule has 0 aromatic rings. The Morgan fingerprint density at radius 1 is 1.23 bits per heavy atom. The van der Waals surface area contributed by atoms with Crippen LogP contribution in [0, 0.1) is 0 Å². The van der Waals surface area contributed by atoms with Gasteiger partial charge in [-0.1, -0.05) is 6.08 Å². The monoisotopic (exact) mass is 389 g/mol. The van der Waals surface area contributed by atoms with Crippen LogP contribution in [0.25, 0.3) is 0 Å². The van der Waals surface area contributed by atoms with Crippen molar-refractivity contribution in [2.45, 2.75) is 51.0 Å². The molecule has 0 saturated carbocycles. The molecule has 2 fully saturated rings. The summed E-state index contributed by atoms with van der Waals surface area (Å²) >= 11 is 0. The predicted octanol–water partition coefficient (Wildman–Crippen LogP) is 2.08. The summed E-state index contributed by atoms with van der Waals surface area (Å²) in [5, 5.41) is 13.4. The van der Waals surface area contributed by atoms with Crippen molar-refractivity contribution in [1.82, 2.24) is 5.06 Å². The minimum atomic E-state index is -3.28. The van der Waals surface area contributed by atoms with E-state index in [4.69, 9.17) is 23.0 Å². The first-order valence-electron chi connectivity index (χ1n) is 8.55. The molecule has 3 heterocycles. The fourth-order valence-electron chi connectivity index (χ4n) is 2.83. The van der Waals surface area contributed by atoms with Crippen LogP contribution in [0.3, 0.4) is 0 Å². The Bertz CT molecular complexity index is 633.